The van der Waals surface area contributed by atoms with Gasteiger partial charge in [-0.25, -0.2) is 19.9 Å². The summed E-state index contributed by atoms with van der Waals surface area (Å²) in [4.78, 5) is 15.4. The van der Waals surface area contributed by atoms with Crippen LogP contribution in [0.3, 0.4) is 0 Å². The zero-order chi connectivity index (χ0) is 7.52. The maximum absolute atomic E-state index is 4.03. The van der Waals surface area contributed by atoms with Crippen molar-refractivity contribution in [3.8, 4) is 10.8 Å². The molecule has 5 heteroatoms. The summed E-state index contributed by atoms with van der Waals surface area (Å²) in [5.74, 6) is 0.579. The fraction of sp³-hybridized carbons (Fsp3) is 0. The summed E-state index contributed by atoms with van der Waals surface area (Å²) in [6, 6.07) is 0. The van der Waals surface area contributed by atoms with Gasteiger partial charge in [-0.05, 0) is 0 Å². The summed E-state index contributed by atoms with van der Waals surface area (Å²) in [6.07, 6.45) is 5.57. The quantitative estimate of drug-likeness (QED) is 0.623. The summed E-state index contributed by atoms with van der Waals surface area (Å²) in [5, 5.41) is 2.67. The molecular formula is C6H3N4S. The minimum atomic E-state index is 0.579. The van der Waals surface area contributed by atoms with Crippen molar-refractivity contribution in [1.82, 2.24) is 19.9 Å². The smallest absolute Gasteiger partial charge is 0.201 e. The third-order valence-corrected chi connectivity index (χ3v) is 1.84. The van der Waals surface area contributed by atoms with Crippen LogP contribution in [0.1, 0.15) is 0 Å². The van der Waals surface area contributed by atoms with Crippen molar-refractivity contribution in [1.29, 1.82) is 0 Å². The van der Waals surface area contributed by atoms with Crippen LogP contribution in [0.5, 0.6) is 0 Å². The second-order valence-electron chi connectivity index (χ2n) is 1.75. The van der Waals surface area contributed by atoms with E-state index in [9.17, 15) is 0 Å². The molecule has 2 aromatic heterocycles. The van der Waals surface area contributed by atoms with Gasteiger partial charge in [-0.3, -0.25) is 0 Å². The second-order valence-corrected chi connectivity index (χ2v) is 2.64. The van der Waals surface area contributed by atoms with Crippen molar-refractivity contribution < 1.29 is 0 Å². The number of rotatable bonds is 1. The van der Waals surface area contributed by atoms with E-state index in [0.29, 0.717) is 5.82 Å². The first-order valence-corrected chi connectivity index (χ1v) is 3.80. The molecule has 0 N–H and O–H groups in total. The highest BCUT2D eigenvalue weighted by Gasteiger charge is 2.00. The molecule has 2 rings (SSSR count). The summed E-state index contributed by atoms with van der Waals surface area (Å²) in [7, 11) is 0. The Morgan fingerprint density at radius 3 is 3.00 bits per heavy atom. The minimum absolute atomic E-state index is 0.579. The third-order valence-electron chi connectivity index (χ3n) is 1.07. The molecule has 0 bridgehead atoms. The normalized spacial score (nSPS) is 9.82. The fourth-order valence-corrected chi connectivity index (χ4v) is 1.23. The predicted molar refractivity (Wildman–Crippen MR) is 39.8 cm³/mol. The van der Waals surface area contributed by atoms with Crippen molar-refractivity contribution in [2.75, 3.05) is 0 Å². The van der Waals surface area contributed by atoms with Gasteiger partial charge in [0.05, 0.1) is 0 Å². The van der Waals surface area contributed by atoms with E-state index in [1.165, 1.54) is 17.7 Å². The molecule has 1 radical (unpaired) electrons. The van der Waals surface area contributed by atoms with Gasteiger partial charge >= 0.3 is 0 Å². The highest BCUT2D eigenvalue weighted by Crippen LogP contribution is 2.14. The SMILES string of the molecule is [c]1ncnc(-c2nccs2)n1. The molecular weight excluding hydrogens is 160 g/mol. The van der Waals surface area contributed by atoms with Crippen LogP contribution >= 0.6 is 11.3 Å². The third kappa shape index (κ3) is 1.22. The van der Waals surface area contributed by atoms with E-state index in [2.05, 4.69) is 26.3 Å². The van der Waals surface area contributed by atoms with Gasteiger partial charge in [-0.1, -0.05) is 0 Å². The van der Waals surface area contributed by atoms with Crippen LogP contribution in [0.25, 0.3) is 10.8 Å². The summed E-state index contributed by atoms with van der Waals surface area (Å²) >= 11 is 1.49. The maximum Gasteiger partial charge on any atom is 0.201 e. The van der Waals surface area contributed by atoms with E-state index in [0.717, 1.165) is 5.01 Å². The van der Waals surface area contributed by atoms with Gasteiger partial charge in [0.1, 0.15) is 6.33 Å². The molecule has 0 atom stereocenters. The molecule has 0 aliphatic carbocycles. The average Bonchev–Trinajstić information content (AvgIpc) is 2.58. The van der Waals surface area contributed by atoms with Crippen molar-refractivity contribution in [3.63, 3.8) is 0 Å². The monoisotopic (exact) mass is 163 g/mol. The minimum Gasteiger partial charge on any atom is -0.241 e. The van der Waals surface area contributed by atoms with Crippen LogP contribution in [0, 0.1) is 6.33 Å². The highest BCUT2D eigenvalue weighted by molar-refractivity contribution is 7.12. The lowest BCUT2D eigenvalue weighted by atomic mass is 10.6. The fourth-order valence-electron chi connectivity index (χ4n) is 0.651. The molecule has 0 aliphatic rings. The zero-order valence-corrected chi connectivity index (χ0v) is 6.25. The summed E-state index contributed by atoms with van der Waals surface area (Å²) in [5.41, 5.74) is 0. The van der Waals surface area contributed by atoms with E-state index >= 15 is 0 Å². The van der Waals surface area contributed by atoms with Gasteiger partial charge < -0.3 is 0 Å². The van der Waals surface area contributed by atoms with Crippen LogP contribution in [0.2, 0.25) is 0 Å². The molecule has 0 aromatic carbocycles. The molecule has 53 valence electrons. The van der Waals surface area contributed by atoms with Crippen LogP contribution in [-0.2, 0) is 0 Å². The molecule has 2 aromatic rings. The first-order chi connectivity index (χ1) is 5.47. The first kappa shape index (κ1) is 6.36. The molecule has 2 heterocycles. The Balaban J connectivity index is 2.46. The standard InChI is InChI=1S/C6H3N4S/c1-2-11-6(8-1)5-9-3-7-4-10-5/h1-3H. The van der Waals surface area contributed by atoms with Crippen molar-refractivity contribution in [2.45, 2.75) is 0 Å². The maximum atomic E-state index is 4.03. The van der Waals surface area contributed by atoms with E-state index in [1.54, 1.807) is 6.20 Å². The van der Waals surface area contributed by atoms with Gasteiger partial charge in [0, 0.05) is 11.6 Å². The number of aromatic nitrogens is 4. The lowest BCUT2D eigenvalue weighted by molar-refractivity contribution is 1.04. The van der Waals surface area contributed by atoms with Crippen LogP contribution in [0.15, 0.2) is 17.9 Å². The topological polar surface area (TPSA) is 51.6 Å². The van der Waals surface area contributed by atoms with Gasteiger partial charge in [-0.15, -0.1) is 11.3 Å². The molecule has 11 heavy (non-hydrogen) atoms. The summed E-state index contributed by atoms with van der Waals surface area (Å²) < 4.78 is 0. The van der Waals surface area contributed by atoms with Crippen LogP contribution < -0.4 is 0 Å². The van der Waals surface area contributed by atoms with Crippen LogP contribution in [0.4, 0.5) is 0 Å². The first-order valence-electron chi connectivity index (χ1n) is 2.92. The Morgan fingerprint density at radius 1 is 1.36 bits per heavy atom. The molecule has 0 unspecified atom stereocenters. The Bertz CT molecular complexity index is 318. The average molecular weight is 163 g/mol. The van der Waals surface area contributed by atoms with Gasteiger partial charge in [0.2, 0.25) is 6.33 Å². The van der Waals surface area contributed by atoms with Crippen molar-refractivity contribution >= 4 is 11.3 Å². The van der Waals surface area contributed by atoms with Crippen molar-refractivity contribution in [2.24, 2.45) is 0 Å². The molecule has 0 spiro atoms. The molecule has 4 nitrogen and oxygen atoms in total. The zero-order valence-electron chi connectivity index (χ0n) is 5.43. The molecule has 0 saturated carbocycles. The number of nitrogens with zero attached hydrogens (tertiary/aromatic N) is 4. The van der Waals surface area contributed by atoms with Crippen LogP contribution in [-0.4, -0.2) is 19.9 Å². The Hall–Kier alpha value is -1.36. The Labute approximate surface area is 67.0 Å². The number of hydrogen-bond acceptors (Lipinski definition) is 5. The molecule has 0 saturated heterocycles. The number of hydrogen-bond donors (Lipinski definition) is 0. The summed E-state index contributed by atoms with van der Waals surface area (Å²) in [6.45, 7) is 0. The van der Waals surface area contributed by atoms with Gasteiger partial charge in [0.15, 0.2) is 10.8 Å². The molecule has 0 fully saturated rings. The van der Waals surface area contributed by atoms with Crippen molar-refractivity contribution in [3.05, 3.63) is 24.2 Å². The highest BCUT2D eigenvalue weighted by atomic mass is 32.1. The second kappa shape index (κ2) is 2.71. The van der Waals surface area contributed by atoms with Gasteiger partial charge in [-0.2, -0.15) is 0 Å². The predicted octanol–water partition coefficient (Wildman–Crippen LogP) is 0.795. The Kier molecular flexibility index (Phi) is 1.57. The lowest BCUT2D eigenvalue weighted by Crippen LogP contribution is -1.87. The van der Waals surface area contributed by atoms with E-state index < -0.39 is 0 Å². The van der Waals surface area contributed by atoms with E-state index in [4.69, 9.17) is 0 Å². The van der Waals surface area contributed by atoms with E-state index in [-0.39, 0.29) is 0 Å². The largest absolute Gasteiger partial charge is 0.241 e. The molecule has 0 amide bonds. The lowest BCUT2D eigenvalue weighted by Gasteiger charge is -1.88. The molecule has 0 aliphatic heterocycles. The van der Waals surface area contributed by atoms with E-state index in [1.807, 2.05) is 5.38 Å². The Morgan fingerprint density at radius 2 is 2.36 bits per heavy atom. The number of thiazole rings is 1. The van der Waals surface area contributed by atoms with Gasteiger partial charge in [0.25, 0.3) is 0 Å².